The van der Waals surface area contributed by atoms with Crippen LogP contribution in [0.15, 0.2) is 28.1 Å². The largest absolute Gasteiger partial charge is 0.452 e. The van der Waals surface area contributed by atoms with Crippen molar-refractivity contribution in [3.05, 3.63) is 34.8 Å². The first-order chi connectivity index (χ1) is 14.0. The summed E-state index contributed by atoms with van der Waals surface area (Å²) in [6, 6.07) is 5.74. The van der Waals surface area contributed by atoms with E-state index in [1.165, 1.54) is 17.8 Å². The fraction of sp³-hybridized carbons (Fsp3) is 0.429. The van der Waals surface area contributed by atoms with Crippen LogP contribution in [0.1, 0.15) is 48.2 Å². The summed E-state index contributed by atoms with van der Waals surface area (Å²) >= 11 is 1.51. The number of pyridine rings is 1. The lowest BCUT2D eigenvalue weighted by Crippen LogP contribution is -2.40. The van der Waals surface area contributed by atoms with Gasteiger partial charge in [-0.15, -0.1) is 11.3 Å². The number of hydrogen-bond acceptors (Lipinski definition) is 7. The Morgan fingerprint density at radius 1 is 1.31 bits per heavy atom. The number of thiophene rings is 1. The zero-order valence-electron chi connectivity index (χ0n) is 16.5. The van der Waals surface area contributed by atoms with Gasteiger partial charge in [-0.1, -0.05) is 30.5 Å². The van der Waals surface area contributed by atoms with Gasteiger partial charge in [0.25, 0.3) is 11.6 Å². The third-order valence-corrected chi connectivity index (χ3v) is 6.35. The summed E-state index contributed by atoms with van der Waals surface area (Å²) in [5.74, 6) is -0.761. The minimum atomic E-state index is -0.577. The van der Waals surface area contributed by atoms with Crippen molar-refractivity contribution < 1.29 is 18.8 Å². The quantitative estimate of drug-likeness (QED) is 0.583. The van der Waals surface area contributed by atoms with Crippen LogP contribution in [-0.2, 0) is 9.53 Å². The van der Waals surface area contributed by atoms with E-state index in [-0.39, 0.29) is 24.3 Å². The lowest BCUT2D eigenvalue weighted by molar-refractivity contribution is -0.135. The van der Waals surface area contributed by atoms with E-state index < -0.39 is 5.97 Å². The number of aryl methyl sites for hydroxylation is 1. The van der Waals surface area contributed by atoms with Crippen LogP contribution in [-0.4, -0.2) is 46.6 Å². The molecular weight excluding hydrogens is 390 g/mol. The Labute approximate surface area is 172 Å². The summed E-state index contributed by atoms with van der Waals surface area (Å²) in [5.41, 5.74) is 1.76. The Morgan fingerprint density at radius 2 is 2.10 bits per heavy atom. The smallest absolute Gasteiger partial charge is 0.339 e. The minimum Gasteiger partial charge on any atom is -0.452 e. The third-order valence-electron chi connectivity index (χ3n) is 5.45. The van der Waals surface area contributed by atoms with Crippen molar-refractivity contribution in [3.8, 4) is 10.6 Å². The van der Waals surface area contributed by atoms with Crippen molar-refractivity contribution in [2.75, 3.05) is 13.7 Å². The van der Waals surface area contributed by atoms with Crippen LogP contribution in [0, 0.1) is 6.92 Å². The normalized spacial score (nSPS) is 14.8. The zero-order valence-corrected chi connectivity index (χ0v) is 17.3. The second kappa shape index (κ2) is 8.32. The highest BCUT2D eigenvalue weighted by molar-refractivity contribution is 7.13. The zero-order chi connectivity index (χ0) is 20.4. The van der Waals surface area contributed by atoms with Gasteiger partial charge in [-0.05, 0) is 37.3 Å². The number of aromatic nitrogens is 2. The van der Waals surface area contributed by atoms with Gasteiger partial charge in [-0.2, -0.15) is 0 Å². The van der Waals surface area contributed by atoms with Crippen LogP contribution < -0.4 is 0 Å². The van der Waals surface area contributed by atoms with E-state index in [0.717, 1.165) is 30.6 Å². The Kier molecular flexibility index (Phi) is 5.62. The molecule has 0 radical (unpaired) electrons. The van der Waals surface area contributed by atoms with Crippen molar-refractivity contribution in [3.63, 3.8) is 0 Å². The lowest BCUT2D eigenvalue weighted by Gasteiger charge is -2.31. The molecule has 0 bridgehead atoms. The van der Waals surface area contributed by atoms with Gasteiger partial charge < -0.3 is 14.2 Å². The van der Waals surface area contributed by atoms with Gasteiger partial charge in [-0.25, -0.2) is 9.78 Å². The summed E-state index contributed by atoms with van der Waals surface area (Å²) < 4.78 is 10.7. The first-order valence-electron chi connectivity index (χ1n) is 9.78. The number of ether oxygens (including phenoxy) is 1. The second-order valence-corrected chi connectivity index (χ2v) is 8.30. The SMILES string of the molecule is Cc1noc2nc(-c3cccs3)cc(C(=O)OCC(=O)N(C)C3CCCCC3)c12. The predicted octanol–water partition coefficient (Wildman–Crippen LogP) is 4.21. The van der Waals surface area contributed by atoms with Gasteiger partial charge in [0.05, 0.1) is 27.2 Å². The molecule has 4 rings (SSSR count). The van der Waals surface area contributed by atoms with E-state index in [1.54, 1.807) is 24.9 Å². The standard InChI is InChI=1S/C21H23N3O4S/c1-13-19-15(11-16(17-9-6-10-29-17)22-20(19)28-23-13)21(26)27-12-18(25)24(2)14-7-4-3-5-8-14/h6,9-11,14H,3-5,7-8,12H2,1-2H3. The molecule has 0 unspecified atom stereocenters. The van der Waals surface area contributed by atoms with Gasteiger partial charge in [0.1, 0.15) is 0 Å². The van der Waals surface area contributed by atoms with Crippen LogP contribution in [0.2, 0.25) is 0 Å². The van der Waals surface area contributed by atoms with E-state index in [1.807, 2.05) is 17.5 Å². The summed E-state index contributed by atoms with van der Waals surface area (Å²) in [4.78, 5) is 32.5. The van der Waals surface area contributed by atoms with Gasteiger partial charge >= 0.3 is 5.97 Å². The number of esters is 1. The third kappa shape index (κ3) is 4.03. The average molecular weight is 413 g/mol. The summed E-state index contributed by atoms with van der Waals surface area (Å²) in [7, 11) is 1.79. The van der Waals surface area contributed by atoms with Crippen LogP contribution in [0.4, 0.5) is 0 Å². The molecule has 3 aromatic heterocycles. The molecule has 0 aliphatic heterocycles. The molecule has 0 atom stereocenters. The topological polar surface area (TPSA) is 85.5 Å². The molecule has 8 heteroatoms. The number of carbonyl (C=O) groups excluding carboxylic acids is 2. The molecule has 0 N–H and O–H groups in total. The molecule has 1 saturated carbocycles. The molecule has 0 spiro atoms. The number of amides is 1. The number of rotatable bonds is 5. The van der Waals surface area contributed by atoms with Gasteiger partial charge in [-0.3, -0.25) is 4.79 Å². The number of hydrogen-bond donors (Lipinski definition) is 0. The number of nitrogens with zero attached hydrogens (tertiary/aromatic N) is 3. The monoisotopic (exact) mass is 413 g/mol. The fourth-order valence-corrected chi connectivity index (χ4v) is 4.47. The molecular formula is C21H23N3O4S. The highest BCUT2D eigenvalue weighted by Crippen LogP contribution is 2.30. The van der Waals surface area contributed by atoms with Crippen LogP contribution in [0.25, 0.3) is 21.7 Å². The molecule has 0 saturated heterocycles. The highest BCUT2D eigenvalue weighted by atomic mass is 32.1. The Hall–Kier alpha value is -2.74. The van der Waals surface area contributed by atoms with Gasteiger partial charge in [0.2, 0.25) is 0 Å². The summed E-state index contributed by atoms with van der Waals surface area (Å²) in [6.07, 6.45) is 5.50. The van der Waals surface area contributed by atoms with E-state index in [2.05, 4.69) is 10.1 Å². The summed E-state index contributed by atoms with van der Waals surface area (Å²) in [6.45, 7) is 1.46. The van der Waals surface area contributed by atoms with E-state index >= 15 is 0 Å². The van der Waals surface area contributed by atoms with Crippen LogP contribution in [0.5, 0.6) is 0 Å². The first-order valence-corrected chi connectivity index (χ1v) is 10.7. The molecule has 1 fully saturated rings. The molecule has 7 nitrogen and oxygen atoms in total. The summed E-state index contributed by atoms with van der Waals surface area (Å²) in [5, 5.41) is 6.38. The molecule has 1 aliphatic rings. The van der Waals surface area contributed by atoms with Crippen molar-refractivity contribution in [2.45, 2.75) is 45.1 Å². The Bertz CT molecular complexity index is 1020. The molecule has 0 aromatic carbocycles. The van der Waals surface area contributed by atoms with Crippen molar-refractivity contribution in [1.82, 2.24) is 15.0 Å². The van der Waals surface area contributed by atoms with Crippen LogP contribution >= 0.6 is 11.3 Å². The Balaban J connectivity index is 1.53. The maximum absolute atomic E-state index is 12.8. The fourth-order valence-electron chi connectivity index (χ4n) is 3.79. The number of carbonyl (C=O) groups is 2. The van der Waals surface area contributed by atoms with E-state index in [4.69, 9.17) is 9.26 Å². The minimum absolute atomic E-state index is 0.184. The molecule has 1 aliphatic carbocycles. The second-order valence-electron chi connectivity index (χ2n) is 7.35. The van der Waals surface area contributed by atoms with Gasteiger partial charge in [0, 0.05) is 13.1 Å². The van der Waals surface area contributed by atoms with Crippen molar-refractivity contribution in [2.24, 2.45) is 0 Å². The average Bonchev–Trinajstić information content (AvgIpc) is 3.41. The molecule has 152 valence electrons. The molecule has 3 aromatic rings. The molecule has 3 heterocycles. The van der Waals surface area contributed by atoms with E-state index in [9.17, 15) is 9.59 Å². The Morgan fingerprint density at radius 3 is 2.83 bits per heavy atom. The maximum Gasteiger partial charge on any atom is 0.339 e. The van der Waals surface area contributed by atoms with Crippen LogP contribution in [0.3, 0.4) is 0 Å². The number of likely N-dealkylation sites (N-methyl/N-ethyl adjacent to an activating group) is 1. The highest BCUT2D eigenvalue weighted by Gasteiger charge is 2.25. The molecule has 1 amide bonds. The number of fused-ring (bicyclic) bond motifs is 1. The predicted molar refractivity (Wildman–Crippen MR) is 110 cm³/mol. The van der Waals surface area contributed by atoms with Crippen molar-refractivity contribution >= 4 is 34.3 Å². The molecule has 29 heavy (non-hydrogen) atoms. The maximum atomic E-state index is 12.8. The van der Waals surface area contributed by atoms with Crippen molar-refractivity contribution in [1.29, 1.82) is 0 Å². The first kappa shape index (κ1) is 19.6. The van der Waals surface area contributed by atoms with Gasteiger partial charge in [0.15, 0.2) is 6.61 Å². The van der Waals surface area contributed by atoms with E-state index in [0.29, 0.717) is 22.3 Å². The lowest BCUT2D eigenvalue weighted by atomic mass is 9.94.